The number of rotatable bonds is 4. The molecule has 3 aromatic carbocycles. The summed E-state index contributed by atoms with van der Waals surface area (Å²) in [4.78, 5) is 17.1. The van der Waals surface area contributed by atoms with Crippen molar-refractivity contribution >= 4 is 11.6 Å². The van der Waals surface area contributed by atoms with Crippen molar-refractivity contribution in [2.75, 3.05) is 5.32 Å². The third kappa shape index (κ3) is 3.82. The zero-order valence-electron chi connectivity index (χ0n) is 16.4. The van der Waals surface area contributed by atoms with Crippen LogP contribution in [0, 0.1) is 25.5 Å². The molecule has 30 heavy (non-hydrogen) atoms. The van der Waals surface area contributed by atoms with Gasteiger partial charge in [0.05, 0.1) is 5.69 Å². The van der Waals surface area contributed by atoms with Crippen LogP contribution in [-0.4, -0.2) is 20.7 Å². The summed E-state index contributed by atoms with van der Waals surface area (Å²) in [6.07, 6.45) is 0. The van der Waals surface area contributed by atoms with Crippen molar-refractivity contribution in [3.05, 3.63) is 95.3 Å². The predicted octanol–water partition coefficient (Wildman–Crippen LogP) is 5.08. The van der Waals surface area contributed by atoms with Gasteiger partial charge in [0.1, 0.15) is 11.6 Å². The van der Waals surface area contributed by atoms with E-state index < -0.39 is 11.7 Å². The average molecular weight is 404 g/mol. The Labute approximate surface area is 172 Å². The van der Waals surface area contributed by atoms with Gasteiger partial charge in [0, 0.05) is 11.3 Å². The van der Waals surface area contributed by atoms with Crippen molar-refractivity contribution in [3.63, 3.8) is 0 Å². The highest BCUT2D eigenvalue weighted by molar-refractivity contribution is 6.01. The average Bonchev–Trinajstić information content (AvgIpc) is 3.16. The summed E-state index contributed by atoms with van der Waals surface area (Å²) in [5.74, 6) is -1.10. The van der Waals surface area contributed by atoms with Crippen LogP contribution < -0.4 is 5.32 Å². The van der Waals surface area contributed by atoms with Crippen LogP contribution >= 0.6 is 0 Å². The first-order chi connectivity index (χ1) is 14.4. The molecule has 150 valence electrons. The molecule has 5 nitrogen and oxygen atoms in total. The van der Waals surface area contributed by atoms with E-state index in [0.717, 1.165) is 16.8 Å². The van der Waals surface area contributed by atoms with Gasteiger partial charge in [-0.05, 0) is 73.5 Å². The fourth-order valence-electron chi connectivity index (χ4n) is 3.08. The molecular formula is C23H18F2N4O. The van der Waals surface area contributed by atoms with Gasteiger partial charge < -0.3 is 5.32 Å². The first-order valence-corrected chi connectivity index (χ1v) is 9.29. The van der Waals surface area contributed by atoms with E-state index in [0.29, 0.717) is 17.1 Å². The van der Waals surface area contributed by atoms with Crippen molar-refractivity contribution in [2.24, 2.45) is 0 Å². The monoisotopic (exact) mass is 404 g/mol. The SMILES string of the molecule is Cc1cccc(-n2nc(C(=O)Nc3cccc(F)c3)nc2-c2ccc(F)cc2)c1C. The van der Waals surface area contributed by atoms with Gasteiger partial charge in [-0.2, -0.15) is 0 Å². The molecule has 0 saturated carbocycles. The Morgan fingerprint density at radius 1 is 0.933 bits per heavy atom. The molecule has 4 rings (SSSR count). The number of hydrogen-bond donors (Lipinski definition) is 1. The topological polar surface area (TPSA) is 59.8 Å². The van der Waals surface area contributed by atoms with Gasteiger partial charge in [-0.3, -0.25) is 4.79 Å². The lowest BCUT2D eigenvalue weighted by molar-refractivity contribution is 0.101. The molecular weight excluding hydrogens is 386 g/mol. The number of halogens is 2. The zero-order valence-corrected chi connectivity index (χ0v) is 16.4. The highest BCUT2D eigenvalue weighted by Gasteiger charge is 2.20. The Morgan fingerprint density at radius 2 is 1.67 bits per heavy atom. The molecule has 0 fully saturated rings. The van der Waals surface area contributed by atoms with E-state index in [-0.39, 0.29) is 11.6 Å². The maximum Gasteiger partial charge on any atom is 0.295 e. The number of benzene rings is 3. The van der Waals surface area contributed by atoms with Crippen LogP contribution in [0.1, 0.15) is 21.7 Å². The van der Waals surface area contributed by atoms with Crippen molar-refractivity contribution in [1.82, 2.24) is 14.8 Å². The predicted molar refractivity (Wildman–Crippen MR) is 111 cm³/mol. The summed E-state index contributed by atoms with van der Waals surface area (Å²) in [6, 6.07) is 17.1. The van der Waals surface area contributed by atoms with Crippen molar-refractivity contribution in [2.45, 2.75) is 13.8 Å². The molecule has 0 unspecified atom stereocenters. The molecule has 0 aliphatic rings. The Bertz CT molecular complexity index is 1230. The number of amides is 1. The minimum absolute atomic E-state index is 0.0838. The molecule has 0 aliphatic heterocycles. The molecule has 4 aromatic rings. The first kappa shape index (κ1) is 19.4. The van der Waals surface area contributed by atoms with Gasteiger partial charge in [0.25, 0.3) is 5.91 Å². The van der Waals surface area contributed by atoms with E-state index >= 15 is 0 Å². The maximum atomic E-state index is 13.4. The zero-order chi connectivity index (χ0) is 21.3. The lowest BCUT2D eigenvalue weighted by Gasteiger charge is -2.11. The van der Waals surface area contributed by atoms with Crippen LogP contribution in [0.5, 0.6) is 0 Å². The van der Waals surface area contributed by atoms with E-state index in [2.05, 4.69) is 15.4 Å². The smallest absolute Gasteiger partial charge is 0.295 e. The van der Waals surface area contributed by atoms with Crippen LogP contribution in [-0.2, 0) is 0 Å². The number of carbonyl (C=O) groups excluding carboxylic acids is 1. The quantitative estimate of drug-likeness (QED) is 0.516. The van der Waals surface area contributed by atoms with Gasteiger partial charge in [-0.1, -0.05) is 18.2 Å². The molecule has 0 aliphatic carbocycles. The van der Waals surface area contributed by atoms with E-state index in [1.54, 1.807) is 22.9 Å². The fraction of sp³-hybridized carbons (Fsp3) is 0.0870. The number of nitrogens with one attached hydrogen (secondary N) is 1. The third-order valence-electron chi connectivity index (χ3n) is 4.80. The lowest BCUT2D eigenvalue weighted by atomic mass is 10.1. The summed E-state index contributed by atoms with van der Waals surface area (Å²) >= 11 is 0. The number of nitrogens with zero attached hydrogens (tertiary/aromatic N) is 3. The van der Waals surface area contributed by atoms with Crippen LogP contribution in [0.15, 0.2) is 66.7 Å². The molecule has 0 saturated heterocycles. The molecule has 1 amide bonds. The van der Waals surface area contributed by atoms with Crippen LogP contribution in [0.2, 0.25) is 0 Å². The second-order valence-electron chi connectivity index (χ2n) is 6.86. The Morgan fingerprint density at radius 3 is 2.40 bits per heavy atom. The second-order valence-corrected chi connectivity index (χ2v) is 6.86. The third-order valence-corrected chi connectivity index (χ3v) is 4.80. The number of aryl methyl sites for hydroxylation is 1. The molecule has 1 aromatic heterocycles. The lowest BCUT2D eigenvalue weighted by Crippen LogP contribution is -2.14. The fourth-order valence-corrected chi connectivity index (χ4v) is 3.08. The van der Waals surface area contributed by atoms with Gasteiger partial charge >= 0.3 is 0 Å². The normalized spacial score (nSPS) is 10.8. The van der Waals surface area contributed by atoms with Crippen LogP contribution in [0.3, 0.4) is 0 Å². The van der Waals surface area contributed by atoms with E-state index in [9.17, 15) is 13.6 Å². The minimum Gasteiger partial charge on any atom is -0.319 e. The van der Waals surface area contributed by atoms with Gasteiger partial charge in [0.15, 0.2) is 5.82 Å². The molecule has 7 heteroatoms. The first-order valence-electron chi connectivity index (χ1n) is 9.29. The van der Waals surface area contributed by atoms with E-state index in [4.69, 9.17) is 0 Å². The number of anilines is 1. The summed E-state index contributed by atoms with van der Waals surface area (Å²) in [7, 11) is 0. The van der Waals surface area contributed by atoms with E-state index in [1.165, 1.54) is 30.3 Å². The highest BCUT2D eigenvalue weighted by Crippen LogP contribution is 2.25. The van der Waals surface area contributed by atoms with Gasteiger partial charge in [-0.25, -0.2) is 18.4 Å². The second kappa shape index (κ2) is 7.87. The van der Waals surface area contributed by atoms with Crippen LogP contribution in [0.25, 0.3) is 17.1 Å². The number of hydrogen-bond acceptors (Lipinski definition) is 3. The Kier molecular flexibility index (Phi) is 5.10. The van der Waals surface area contributed by atoms with Crippen molar-refractivity contribution in [1.29, 1.82) is 0 Å². The van der Waals surface area contributed by atoms with E-state index in [1.807, 2.05) is 32.0 Å². The van der Waals surface area contributed by atoms with Gasteiger partial charge in [0.2, 0.25) is 5.82 Å². The number of aromatic nitrogens is 3. The molecule has 0 atom stereocenters. The van der Waals surface area contributed by atoms with Crippen LogP contribution in [0.4, 0.5) is 14.5 Å². The van der Waals surface area contributed by atoms with Gasteiger partial charge in [-0.15, -0.1) is 5.10 Å². The summed E-state index contributed by atoms with van der Waals surface area (Å²) in [6.45, 7) is 3.93. The molecule has 1 N–H and O–H groups in total. The minimum atomic E-state index is -0.576. The highest BCUT2D eigenvalue weighted by atomic mass is 19.1. The largest absolute Gasteiger partial charge is 0.319 e. The Hall–Kier alpha value is -3.87. The molecule has 0 spiro atoms. The number of carbonyl (C=O) groups is 1. The molecule has 0 radical (unpaired) electrons. The molecule has 0 bridgehead atoms. The van der Waals surface area contributed by atoms with Crippen molar-refractivity contribution in [3.8, 4) is 17.1 Å². The summed E-state index contributed by atoms with van der Waals surface area (Å²) < 4.78 is 28.4. The maximum absolute atomic E-state index is 13.4. The standard InChI is InChI=1S/C23H18F2N4O/c1-14-5-3-8-20(15(14)2)29-22(16-9-11-17(24)12-10-16)27-21(28-29)23(30)26-19-7-4-6-18(25)13-19/h3-13H,1-2H3,(H,26,30). The molecule has 1 heterocycles. The summed E-state index contributed by atoms with van der Waals surface area (Å²) in [5.41, 5.74) is 3.69. The summed E-state index contributed by atoms with van der Waals surface area (Å²) in [5, 5.41) is 7.01. The Balaban J connectivity index is 1.80. The van der Waals surface area contributed by atoms with Crippen molar-refractivity contribution < 1.29 is 13.6 Å².